The van der Waals surface area contributed by atoms with Crippen LogP contribution in [0.15, 0.2) is 28.2 Å². The smallest absolute Gasteiger partial charge is 0.371 e. The predicted octanol–water partition coefficient (Wildman–Crippen LogP) is 4.77. The van der Waals surface area contributed by atoms with Gasteiger partial charge in [-0.3, -0.25) is 9.36 Å². The Balaban J connectivity index is 2.21. The summed E-state index contributed by atoms with van der Waals surface area (Å²) in [6, 6.07) is 4.88. The largest absolute Gasteiger partial charge is 0.411 e. The number of benzene rings is 1. The van der Waals surface area contributed by atoms with Crippen molar-refractivity contribution in [2.75, 3.05) is 19.0 Å². The fourth-order valence-electron chi connectivity index (χ4n) is 2.25. The fourth-order valence-corrected chi connectivity index (χ4v) is 3.29. The van der Waals surface area contributed by atoms with Crippen LogP contribution in [0.2, 0.25) is 5.02 Å². The Kier molecular flexibility index (Phi) is 7.37. The zero-order chi connectivity index (χ0) is 19.3. The standard InChI is InChI=1S/C17H20ClF3N2O2S/c1-11(2)5-6-23-15(24)13-4-3-12(18)9-14(13)22-16(23)26-8-7-25-10-17(19,20)21/h3-4,9,11H,5-8,10H2,1-2H3. The Labute approximate surface area is 158 Å². The summed E-state index contributed by atoms with van der Waals surface area (Å²) in [5.74, 6) is 0.659. The van der Waals surface area contributed by atoms with Crippen molar-refractivity contribution in [2.45, 2.75) is 38.1 Å². The first-order valence-corrected chi connectivity index (χ1v) is 9.51. The molecule has 0 saturated heterocycles. The molecular weight excluding hydrogens is 389 g/mol. The molecule has 0 aliphatic heterocycles. The molecule has 0 fully saturated rings. The minimum Gasteiger partial charge on any atom is -0.371 e. The summed E-state index contributed by atoms with van der Waals surface area (Å²) in [7, 11) is 0. The molecule has 0 saturated carbocycles. The van der Waals surface area contributed by atoms with E-state index in [0.29, 0.717) is 33.5 Å². The van der Waals surface area contributed by atoms with E-state index in [0.717, 1.165) is 6.42 Å². The number of ether oxygens (including phenoxy) is 1. The van der Waals surface area contributed by atoms with Gasteiger partial charge in [0.15, 0.2) is 5.16 Å². The van der Waals surface area contributed by atoms with Crippen LogP contribution in [-0.4, -0.2) is 34.7 Å². The molecule has 0 amide bonds. The molecule has 1 aromatic heterocycles. The maximum absolute atomic E-state index is 12.8. The van der Waals surface area contributed by atoms with Crippen LogP contribution in [-0.2, 0) is 11.3 Å². The third kappa shape index (κ3) is 6.17. The Bertz CT molecular complexity index is 809. The summed E-state index contributed by atoms with van der Waals surface area (Å²) >= 11 is 7.17. The van der Waals surface area contributed by atoms with Gasteiger partial charge in [0, 0.05) is 17.3 Å². The van der Waals surface area contributed by atoms with Crippen molar-refractivity contribution in [3.05, 3.63) is 33.6 Å². The van der Waals surface area contributed by atoms with Crippen molar-refractivity contribution in [3.63, 3.8) is 0 Å². The molecule has 0 aliphatic carbocycles. The SMILES string of the molecule is CC(C)CCn1c(SCCOCC(F)(F)F)nc2cc(Cl)ccc2c1=O. The predicted molar refractivity (Wildman–Crippen MR) is 98.1 cm³/mol. The lowest BCUT2D eigenvalue weighted by molar-refractivity contribution is -0.172. The minimum atomic E-state index is -4.35. The van der Waals surface area contributed by atoms with E-state index in [-0.39, 0.29) is 17.9 Å². The third-order valence-corrected chi connectivity index (χ3v) is 4.71. The maximum Gasteiger partial charge on any atom is 0.411 e. The van der Waals surface area contributed by atoms with Crippen LogP contribution in [0.3, 0.4) is 0 Å². The molecule has 0 spiro atoms. The quantitative estimate of drug-likeness (QED) is 0.358. The molecule has 2 aromatic rings. The molecule has 0 unspecified atom stereocenters. The van der Waals surface area contributed by atoms with Gasteiger partial charge in [0.1, 0.15) is 6.61 Å². The first kappa shape index (κ1) is 21.1. The molecule has 1 aromatic carbocycles. The highest BCUT2D eigenvalue weighted by Gasteiger charge is 2.27. The van der Waals surface area contributed by atoms with Gasteiger partial charge in [0.05, 0.1) is 17.5 Å². The molecule has 9 heteroatoms. The number of aromatic nitrogens is 2. The van der Waals surface area contributed by atoms with Gasteiger partial charge >= 0.3 is 6.18 Å². The Hall–Kier alpha value is -1.25. The van der Waals surface area contributed by atoms with Crippen molar-refractivity contribution < 1.29 is 17.9 Å². The van der Waals surface area contributed by atoms with Gasteiger partial charge in [0.2, 0.25) is 0 Å². The van der Waals surface area contributed by atoms with E-state index in [2.05, 4.69) is 23.6 Å². The maximum atomic E-state index is 12.8. The van der Waals surface area contributed by atoms with Crippen LogP contribution in [0.4, 0.5) is 13.2 Å². The van der Waals surface area contributed by atoms with Gasteiger partial charge in [-0.1, -0.05) is 37.2 Å². The first-order chi connectivity index (χ1) is 12.2. The number of alkyl halides is 3. The summed E-state index contributed by atoms with van der Waals surface area (Å²) in [5.41, 5.74) is 0.299. The highest BCUT2D eigenvalue weighted by Crippen LogP contribution is 2.21. The van der Waals surface area contributed by atoms with Gasteiger partial charge in [-0.05, 0) is 30.5 Å². The van der Waals surface area contributed by atoms with Crippen LogP contribution in [0.1, 0.15) is 20.3 Å². The molecule has 144 valence electrons. The highest BCUT2D eigenvalue weighted by molar-refractivity contribution is 7.99. The Morgan fingerprint density at radius 3 is 2.73 bits per heavy atom. The van der Waals surface area contributed by atoms with Crippen LogP contribution in [0.5, 0.6) is 0 Å². The number of halogens is 4. The van der Waals surface area contributed by atoms with Crippen molar-refractivity contribution in [3.8, 4) is 0 Å². The first-order valence-electron chi connectivity index (χ1n) is 8.15. The van der Waals surface area contributed by atoms with E-state index in [9.17, 15) is 18.0 Å². The Morgan fingerprint density at radius 2 is 2.08 bits per heavy atom. The lowest BCUT2D eigenvalue weighted by atomic mass is 10.1. The second-order valence-corrected chi connectivity index (χ2v) is 7.71. The molecule has 0 bridgehead atoms. The normalized spacial score (nSPS) is 12.3. The van der Waals surface area contributed by atoms with E-state index in [1.165, 1.54) is 11.8 Å². The van der Waals surface area contributed by atoms with Crippen LogP contribution < -0.4 is 5.56 Å². The summed E-state index contributed by atoms with van der Waals surface area (Å²) in [6.45, 7) is 3.23. The molecule has 2 rings (SSSR count). The monoisotopic (exact) mass is 408 g/mol. The van der Waals surface area contributed by atoms with Crippen LogP contribution >= 0.6 is 23.4 Å². The van der Waals surface area contributed by atoms with E-state index in [1.54, 1.807) is 22.8 Å². The molecule has 0 aliphatic rings. The number of hydrogen-bond donors (Lipinski definition) is 0. The second-order valence-electron chi connectivity index (χ2n) is 6.21. The molecule has 26 heavy (non-hydrogen) atoms. The lowest BCUT2D eigenvalue weighted by Crippen LogP contribution is -2.24. The van der Waals surface area contributed by atoms with E-state index >= 15 is 0 Å². The average molecular weight is 409 g/mol. The van der Waals surface area contributed by atoms with Crippen LogP contribution in [0.25, 0.3) is 10.9 Å². The van der Waals surface area contributed by atoms with Crippen molar-refractivity contribution >= 4 is 34.3 Å². The molecule has 4 nitrogen and oxygen atoms in total. The van der Waals surface area contributed by atoms with E-state index in [1.807, 2.05) is 0 Å². The summed E-state index contributed by atoms with van der Waals surface area (Å²) in [5, 5.41) is 1.39. The second kappa shape index (κ2) is 9.10. The number of thioether (sulfide) groups is 1. The number of rotatable bonds is 8. The Morgan fingerprint density at radius 1 is 1.35 bits per heavy atom. The van der Waals surface area contributed by atoms with Gasteiger partial charge in [0.25, 0.3) is 5.56 Å². The summed E-state index contributed by atoms with van der Waals surface area (Å²) < 4.78 is 42.5. The van der Waals surface area contributed by atoms with Crippen molar-refractivity contribution in [1.29, 1.82) is 0 Å². The lowest BCUT2D eigenvalue weighted by Gasteiger charge is -2.14. The van der Waals surface area contributed by atoms with Gasteiger partial charge in [-0.15, -0.1) is 0 Å². The highest BCUT2D eigenvalue weighted by atomic mass is 35.5. The summed E-state index contributed by atoms with van der Waals surface area (Å²) in [4.78, 5) is 17.3. The minimum absolute atomic E-state index is 0.0855. The van der Waals surface area contributed by atoms with Gasteiger partial charge in [-0.2, -0.15) is 13.2 Å². The molecule has 0 N–H and O–H groups in total. The molecule has 0 atom stereocenters. The molecule has 1 heterocycles. The van der Waals surface area contributed by atoms with Gasteiger partial charge in [-0.25, -0.2) is 4.98 Å². The third-order valence-electron chi connectivity index (χ3n) is 3.54. The van der Waals surface area contributed by atoms with Crippen molar-refractivity contribution in [1.82, 2.24) is 9.55 Å². The number of hydrogen-bond acceptors (Lipinski definition) is 4. The molecular formula is C17H20ClF3N2O2S. The van der Waals surface area contributed by atoms with Crippen LogP contribution in [0, 0.1) is 5.92 Å². The van der Waals surface area contributed by atoms with E-state index < -0.39 is 12.8 Å². The van der Waals surface area contributed by atoms with E-state index in [4.69, 9.17) is 11.6 Å². The average Bonchev–Trinajstić information content (AvgIpc) is 2.52. The zero-order valence-corrected chi connectivity index (χ0v) is 16.0. The van der Waals surface area contributed by atoms with Gasteiger partial charge < -0.3 is 4.74 Å². The zero-order valence-electron chi connectivity index (χ0n) is 14.5. The number of nitrogens with zero attached hydrogens (tertiary/aromatic N) is 2. The van der Waals surface area contributed by atoms with Crippen molar-refractivity contribution in [2.24, 2.45) is 5.92 Å². The number of fused-ring (bicyclic) bond motifs is 1. The molecule has 0 radical (unpaired) electrons. The topological polar surface area (TPSA) is 44.1 Å². The summed E-state index contributed by atoms with van der Waals surface area (Å²) in [6.07, 6.45) is -3.55. The fraction of sp³-hybridized carbons (Fsp3) is 0.529.